The molecule has 0 bridgehead atoms. The summed E-state index contributed by atoms with van der Waals surface area (Å²) in [6, 6.07) is 1.50. The maximum absolute atomic E-state index is 11.3. The van der Waals surface area contributed by atoms with Gasteiger partial charge in [-0.25, -0.2) is 4.79 Å². The number of rotatable bonds is 3. The molecule has 76 valence electrons. The van der Waals surface area contributed by atoms with Gasteiger partial charge in [-0.3, -0.25) is 10.1 Å². The van der Waals surface area contributed by atoms with Crippen LogP contribution in [0.5, 0.6) is 0 Å². The van der Waals surface area contributed by atoms with E-state index >= 15 is 0 Å². The van der Waals surface area contributed by atoms with Crippen molar-refractivity contribution in [3.8, 4) is 6.07 Å². The second-order valence-corrected chi connectivity index (χ2v) is 3.28. The summed E-state index contributed by atoms with van der Waals surface area (Å²) < 4.78 is 0. The predicted molar refractivity (Wildman–Crippen MR) is 49.1 cm³/mol. The normalized spacial score (nSPS) is 21.7. The van der Waals surface area contributed by atoms with Crippen LogP contribution in [0.25, 0.3) is 0 Å². The van der Waals surface area contributed by atoms with Gasteiger partial charge >= 0.3 is 6.03 Å². The fourth-order valence-corrected chi connectivity index (χ4v) is 1.30. The first kappa shape index (κ1) is 10.5. The zero-order valence-corrected chi connectivity index (χ0v) is 8.12. The monoisotopic (exact) mass is 195 g/mol. The third-order valence-electron chi connectivity index (χ3n) is 2.17. The standard InChI is InChI=1S/C9H13N3O2/c1-2-3-4-12-6-7(5-10)8(13)11-9(12)14/h7H,2-4,6H2,1H3,(H,11,13,14). The highest BCUT2D eigenvalue weighted by Crippen LogP contribution is 2.08. The largest absolute Gasteiger partial charge is 0.324 e. The van der Waals surface area contributed by atoms with E-state index in [4.69, 9.17) is 5.26 Å². The fraction of sp³-hybridized carbons (Fsp3) is 0.667. The zero-order chi connectivity index (χ0) is 10.6. The first-order valence-corrected chi connectivity index (χ1v) is 4.68. The Balaban J connectivity index is 2.56. The lowest BCUT2D eigenvalue weighted by molar-refractivity contribution is -0.124. The lowest BCUT2D eigenvalue weighted by atomic mass is 10.1. The number of imide groups is 1. The van der Waals surface area contributed by atoms with E-state index in [1.54, 1.807) is 0 Å². The predicted octanol–water partition coefficient (Wildman–Crippen LogP) is 0.478. The van der Waals surface area contributed by atoms with Gasteiger partial charge in [0.25, 0.3) is 0 Å². The number of carbonyl (C=O) groups is 2. The van der Waals surface area contributed by atoms with Crippen LogP contribution in [0.1, 0.15) is 19.8 Å². The average Bonchev–Trinajstić information content (AvgIpc) is 2.17. The molecule has 0 aromatic carbocycles. The van der Waals surface area contributed by atoms with E-state index in [0.717, 1.165) is 12.8 Å². The molecule has 1 atom stereocenters. The van der Waals surface area contributed by atoms with Gasteiger partial charge in [0.2, 0.25) is 5.91 Å². The lowest BCUT2D eigenvalue weighted by Crippen LogP contribution is -2.54. The molecule has 1 N–H and O–H groups in total. The van der Waals surface area contributed by atoms with Crippen molar-refractivity contribution in [1.82, 2.24) is 10.2 Å². The molecule has 1 rings (SSSR count). The highest BCUT2D eigenvalue weighted by molar-refractivity contribution is 5.99. The second-order valence-electron chi connectivity index (χ2n) is 3.28. The topological polar surface area (TPSA) is 73.2 Å². The number of unbranched alkanes of at least 4 members (excludes halogenated alkanes) is 1. The summed E-state index contributed by atoms with van der Waals surface area (Å²) in [5.74, 6) is -1.20. The minimum Gasteiger partial charge on any atom is -0.323 e. The molecule has 0 radical (unpaired) electrons. The van der Waals surface area contributed by atoms with Gasteiger partial charge < -0.3 is 4.90 Å². The van der Waals surface area contributed by atoms with Crippen molar-refractivity contribution in [3.63, 3.8) is 0 Å². The Hall–Kier alpha value is -1.57. The van der Waals surface area contributed by atoms with Crippen LogP contribution < -0.4 is 5.32 Å². The number of nitriles is 1. The summed E-state index contributed by atoms with van der Waals surface area (Å²) in [7, 11) is 0. The average molecular weight is 195 g/mol. The molecule has 14 heavy (non-hydrogen) atoms. The Morgan fingerprint density at radius 1 is 1.64 bits per heavy atom. The molecule has 0 aromatic heterocycles. The summed E-state index contributed by atoms with van der Waals surface area (Å²) in [5, 5.41) is 10.8. The Labute approximate surface area is 82.7 Å². The van der Waals surface area contributed by atoms with Gasteiger partial charge in [-0.1, -0.05) is 13.3 Å². The van der Waals surface area contributed by atoms with Gasteiger partial charge in [0.05, 0.1) is 6.07 Å². The molecule has 0 aliphatic carbocycles. The van der Waals surface area contributed by atoms with Crippen LogP contribution >= 0.6 is 0 Å². The molecule has 0 saturated carbocycles. The smallest absolute Gasteiger partial charge is 0.323 e. The highest BCUT2D eigenvalue weighted by atomic mass is 16.2. The van der Waals surface area contributed by atoms with Crippen molar-refractivity contribution < 1.29 is 9.59 Å². The van der Waals surface area contributed by atoms with Crippen LogP contribution in [-0.2, 0) is 4.79 Å². The molecule has 0 aromatic rings. The number of nitrogens with one attached hydrogen (secondary N) is 1. The molecule has 1 heterocycles. The molecular formula is C9H13N3O2. The van der Waals surface area contributed by atoms with Gasteiger partial charge in [0, 0.05) is 13.1 Å². The van der Waals surface area contributed by atoms with Crippen LogP contribution in [0, 0.1) is 17.2 Å². The third kappa shape index (κ3) is 2.22. The summed E-state index contributed by atoms with van der Waals surface area (Å²) in [6.07, 6.45) is 1.87. The van der Waals surface area contributed by atoms with Crippen molar-refractivity contribution >= 4 is 11.9 Å². The van der Waals surface area contributed by atoms with Crippen LogP contribution in [0.15, 0.2) is 0 Å². The summed E-state index contributed by atoms with van der Waals surface area (Å²) >= 11 is 0. The summed E-state index contributed by atoms with van der Waals surface area (Å²) in [5.41, 5.74) is 0. The van der Waals surface area contributed by atoms with Crippen LogP contribution in [-0.4, -0.2) is 29.9 Å². The second kappa shape index (κ2) is 4.61. The molecule has 3 amide bonds. The number of carbonyl (C=O) groups excluding carboxylic acids is 2. The summed E-state index contributed by atoms with van der Waals surface area (Å²) in [6.45, 7) is 2.85. The molecule has 1 aliphatic rings. The molecule has 1 unspecified atom stereocenters. The Kier molecular flexibility index (Phi) is 3.46. The molecule has 5 heteroatoms. The summed E-state index contributed by atoms with van der Waals surface area (Å²) in [4.78, 5) is 23.8. The van der Waals surface area contributed by atoms with E-state index in [9.17, 15) is 9.59 Å². The van der Waals surface area contributed by atoms with E-state index in [-0.39, 0.29) is 12.6 Å². The van der Waals surface area contributed by atoms with E-state index in [1.807, 2.05) is 13.0 Å². The molecular weight excluding hydrogens is 182 g/mol. The van der Waals surface area contributed by atoms with Crippen LogP contribution in [0.4, 0.5) is 4.79 Å². The number of urea groups is 1. The number of hydrogen-bond acceptors (Lipinski definition) is 3. The minimum absolute atomic E-state index is 0.223. The highest BCUT2D eigenvalue weighted by Gasteiger charge is 2.31. The first-order chi connectivity index (χ1) is 6.69. The van der Waals surface area contributed by atoms with Crippen molar-refractivity contribution in [2.45, 2.75) is 19.8 Å². The van der Waals surface area contributed by atoms with Crippen molar-refractivity contribution in [2.75, 3.05) is 13.1 Å². The Morgan fingerprint density at radius 2 is 2.36 bits per heavy atom. The quantitative estimate of drug-likeness (QED) is 0.711. The zero-order valence-electron chi connectivity index (χ0n) is 8.12. The van der Waals surface area contributed by atoms with E-state index in [1.165, 1.54) is 4.90 Å². The Morgan fingerprint density at radius 3 is 2.93 bits per heavy atom. The number of hydrogen-bond donors (Lipinski definition) is 1. The van der Waals surface area contributed by atoms with Gasteiger partial charge in [-0.05, 0) is 6.42 Å². The number of amides is 3. The Bertz CT molecular complexity index is 282. The van der Waals surface area contributed by atoms with Crippen LogP contribution in [0.2, 0.25) is 0 Å². The molecule has 1 saturated heterocycles. The minimum atomic E-state index is -0.718. The maximum Gasteiger partial charge on any atom is 0.324 e. The lowest BCUT2D eigenvalue weighted by Gasteiger charge is -2.28. The first-order valence-electron chi connectivity index (χ1n) is 4.68. The maximum atomic E-state index is 11.3. The third-order valence-corrected chi connectivity index (χ3v) is 2.17. The SMILES string of the molecule is CCCCN1CC(C#N)C(=O)NC1=O. The van der Waals surface area contributed by atoms with E-state index in [0.29, 0.717) is 6.54 Å². The number of nitrogens with zero attached hydrogens (tertiary/aromatic N) is 2. The van der Waals surface area contributed by atoms with Crippen LogP contribution in [0.3, 0.4) is 0 Å². The molecule has 1 aliphatic heterocycles. The molecule has 5 nitrogen and oxygen atoms in total. The van der Waals surface area contributed by atoms with Gasteiger partial charge in [-0.2, -0.15) is 5.26 Å². The van der Waals surface area contributed by atoms with Gasteiger partial charge in [-0.15, -0.1) is 0 Å². The molecule has 1 fully saturated rings. The van der Waals surface area contributed by atoms with Crippen molar-refractivity contribution in [1.29, 1.82) is 5.26 Å². The van der Waals surface area contributed by atoms with Crippen molar-refractivity contribution in [2.24, 2.45) is 5.92 Å². The molecule has 0 spiro atoms. The van der Waals surface area contributed by atoms with Gasteiger partial charge in [0.1, 0.15) is 5.92 Å². The van der Waals surface area contributed by atoms with E-state index in [2.05, 4.69) is 5.32 Å². The van der Waals surface area contributed by atoms with Gasteiger partial charge in [0.15, 0.2) is 0 Å². The van der Waals surface area contributed by atoms with E-state index < -0.39 is 11.8 Å². The fourth-order valence-electron chi connectivity index (χ4n) is 1.30. The van der Waals surface area contributed by atoms with Crippen molar-refractivity contribution in [3.05, 3.63) is 0 Å².